The summed E-state index contributed by atoms with van der Waals surface area (Å²) in [6.07, 6.45) is 7.57. The van der Waals surface area contributed by atoms with Crippen molar-refractivity contribution in [2.24, 2.45) is 5.41 Å². The summed E-state index contributed by atoms with van der Waals surface area (Å²) in [5.74, 6) is 0.241. The normalized spacial score (nSPS) is 18.5. The van der Waals surface area contributed by atoms with Gasteiger partial charge < -0.3 is 14.5 Å². The molecule has 2 amide bonds. The molecule has 5 nitrogen and oxygen atoms in total. The first-order chi connectivity index (χ1) is 17.2. The maximum Gasteiger partial charge on any atom is 0.410 e. The van der Waals surface area contributed by atoms with Crippen molar-refractivity contribution in [2.75, 3.05) is 20.1 Å². The maximum atomic E-state index is 14.1. The van der Waals surface area contributed by atoms with E-state index < -0.39 is 11.0 Å². The van der Waals surface area contributed by atoms with Crippen LogP contribution in [0.4, 0.5) is 4.79 Å². The molecule has 0 radical (unpaired) electrons. The largest absolute Gasteiger partial charge is 0.444 e. The molecule has 2 aromatic carbocycles. The van der Waals surface area contributed by atoms with E-state index in [1.54, 1.807) is 4.90 Å². The fraction of sp³-hybridized carbons (Fsp3) is 0.548. The number of nitrogens with zero attached hydrogens (tertiary/aromatic N) is 2. The standard InChI is InChI=1S/C31H42N2O3/c1-30(2,3)36-29(35)33-21-19-31(20-22-33,28(34)32(4)27-13-9-6-10-14-27)23-24-15-17-26(18-16-24)25-11-7-5-8-12-25/h5,7-8,11-12,15-18,27H,6,9-10,13-14,19-23H2,1-4H3. The molecule has 36 heavy (non-hydrogen) atoms. The number of rotatable bonds is 5. The number of carbonyl (C=O) groups excluding carboxylic acids is 2. The molecular formula is C31H42N2O3. The molecule has 2 aromatic rings. The van der Waals surface area contributed by atoms with E-state index in [1.807, 2.05) is 38.8 Å². The number of amides is 2. The smallest absolute Gasteiger partial charge is 0.410 e. The first kappa shape index (κ1) is 26.2. The molecule has 0 N–H and O–H groups in total. The third-order valence-corrected chi connectivity index (χ3v) is 7.87. The van der Waals surface area contributed by atoms with Crippen LogP contribution in [0.1, 0.15) is 71.3 Å². The van der Waals surface area contributed by atoms with E-state index in [0.717, 1.165) is 12.8 Å². The van der Waals surface area contributed by atoms with Crippen LogP contribution in [0.15, 0.2) is 54.6 Å². The average molecular weight is 491 g/mol. The fourth-order valence-electron chi connectivity index (χ4n) is 5.75. The lowest BCUT2D eigenvalue weighted by Crippen LogP contribution is -2.54. The highest BCUT2D eigenvalue weighted by atomic mass is 16.6. The Labute approximate surface area is 216 Å². The van der Waals surface area contributed by atoms with Gasteiger partial charge in [0.15, 0.2) is 0 Å². The predicted molar refractivity (Wildman–Crippen MR) is 145 cm³/mol. The van der Waals surface area contributed by atoms with Crippen molar-refractivity contribution in [2.45, 2.75) is 83.8 Å². The number of piperidine rings is 1. The number of carbonyl (C=O) groups is 2. The van der Waals surface area contributed by atoms with E-state index in [4.69, 9.17) is 4.74 Å². The van der Waals surface area contributed by atoms with Crippen LogP contribution in [0.2, 0.25) is 0 Å². The molecule has 1 saturated heterocycles. The van der Waals surface area contributed by atoms with Crippen molar-refractivity contribution in [1.29, 1.82) is 0 Å². The van der Waals surface area contributed by atoms with Crippen LogP contribution in [-0.2, 0) is 16.0 Å². The molecule has 1 saturated carbocycles. The first-order valence-electron chi connectivity index (χ1n) is 13.6. The second-order valence-corrected chi connectivity index (χ2v) is 11.7. The van der Waals surface area contributed by atoms with Gasteiger partial charge in [-0.1, -0.05) is 73.9 Å². The van der Waals surface area contributed by atoms with E-state index in [9.17, 15) is 9.59 Å². The number of benzene rings is 2. The second kappa shape index (κ2) is 11.1. The summed E-state index contributed by atoms with van der Waals surface area (Å²) in [5.41, 5.74) is 2.52. The highest BCUT2D eigenvalue weighted by Gasteiger charge is 2.45. The van der Waals surface area contributed by atoms with Crippen molar-refractivity contribution in [3.63, 3.8) is 0 Å². The molecule has 1 aliphatic carbocycles. The van der Waals surface area contributed by atoms with E-state index >= 15 is 0 Å². The first-order valence-corrected chi connectivity index (χ1v) is 13.6. The Kier molecular flexibility index (Phi) is 8.07. The molecule has 5 heteroatoms. The van der Waals surface area contributed by atoms with Gasteiger partial charge in [0.25, 0.3) is 0 Å². The zero-order valence-corrected chi connectivity index (χ0v) is 22.5. The van der Waals surface area contributed by atoms with Crippen LogP contribution < -0.4 is 0 Å². The van der Waals surface area contributed by atoms with Crippen molar-refractivity contribution in [3.8, 4) is 11.1 Å². The van der Waals surface area contributed by atoms with E-state index in [0.29, 0.717) is 38.4 Å². The lowest BCUT2D eigenvalue weighted by molar-refractivity contribution is -0.146. The summed E-state index contributed by atoms with van der Waals surface area (Å²) < 4.78 is 5.61. The minimum Gasteiger partial charge on any atom is -0.444 e. The maximum absolute atomic E-state index is 14.1. The molecule has 4 rings (SSSR count). The van der Waals surface area contributed by atoms with Gasteiger partial charge in [-0.25, -0.2) is 4.79 Å². The lowest BCUT2D eigenvalue weighted by atomic mass is 9.72. The van der Waals surface area contributed by atoms with Crippen LogP contribution in [-0.4, -0.2) is 53.6 Å². The van der Waals surface area contributed by atoms with E-state index in [-0.39, 0.29) is 12.0 Å². The summed E-state index contributed by atoms with van der Waals surface area (Å²) in [6, 6.07) is 19.3. The van der Waals surface area contributed by atoms with Crippen LogP contribution in [0.5, 0.6) is 0 Å². The molecule has 0 atom stereocenters. The Morgan fingerprint density at radius 1 is 0.917 bits per heavy atom. The van der Waals surface area contributed by atoms with E-state index in [1.165, 1.54) is 36.0 Å². The molecule has 1 heterocycles. The molecule has 1 aliphatic heterocycles. The van der Waals surface area contributed by atoms with Gasteiger partial charge in [0, 0.05) is 26.2 Å². The summed E-state index contributed by atoms with van der Waals surface area (Å²) in [7, 11) is 2.00. The van der Waals surface area contributed by atoms with Gasteiger partial charge in [-0.3, -0.25) is 4.79 Å². The van der Waals surface area contributed by atoms with Gasteiger partial charge >= 0.3 is 6.09 Å². The van der Waals surface area contributed by atoms with E-state index in [2.05, 4.69) is 48.5 Å². The zero-order chi connectivity index (χ0) is 25.8. The van der Waals surface area contributed by atoms with Crippen LogP contribution in [0.3, 0.4) is 0 Å². The monoisotopic (exact) mass is 490 g/mol. The summed E-state index contributed by atoms with van der Waals surface area (Å²) in [6.45, 7) is 6.76. The predicted octanol–water partition coefficient (Wildman–Crippen LogP) is 6.70. The van der Waals surface area contributed by atoms with Crippen molar-refractivity contribution >= 4 is 12.0 Å². The van der Waals surface area contributed by atoms with Crippen LogP contribution >= 0.6 is 0 Å². The SMILES string of the molecule is CN(C(=O)C1(Cc2ccc(-c3ccccc3)cc2)CCN(C(=O)OC(C)(C)C)CC1)C1CCCCC1. The van der Waals surface area contributed by atoms with Crippen molar-refractivity contribution in [3.05, 3.63) is 60.2 Å². The summed E-state index contributed by atoms with van der Waals surface area (Å²) in [4.78, 5) is 30.6. The highest BCUT2D eigenvalue weighted by molar-refractivity contribution is 5.84. The molecule has 0 spiro atoms. The highest BCUT2D eigenvalue weighted by Crippen LogP contribution is 2.39. The molecule has 194 valence electrons. The fourth-order valence-corrected chi connectivity index (χ4v) is 5.75. The minimum absolute atomic E-state index is 0.241. The molecule has 0 unspecified atom stereocenters. The van der Waals surface area contributed by atoms with Crippen molar-refractivity contribution < 1.29 is 14.3 Å². The molecule has 0 bridgehead atoms. The molecule has 0 aromatic heterocycles. The third-order valence-electron chi connectivity index (χ3n) is 7.87. The van der Waals surface area contributed by atoms with Gasteiger partial charge in [0.2, 0.25) is 5.91 Å². The Morgan fingerprint density at radius 3 is 2.08 bits per heavy atom. The van der Waals surface area contributed by atoms with Crippen LogP contribution in [0, 0.1) is 5.41 Å². The Bertz CT molecular complexity index is 1010. The van der Waals surface area contributed by atoms with Gasteiger partial charge in [0.05, 0.1) is 5.41 Å². The summed E-state index contributed by atoms with van der Waals surface area (Å²) >= 11 is 0. The van der Waals surface area contributed by atoms with Gasteiger partial charge in [0.1, 0.15) is 5.60 Å². The zero-order valence-electron chi connectivity index (χ0n) is 22.5. The summed E-state index contributed by atoms with van der Waals surface area (Å²) in [5, 5.41) is 0. The second-order valence-electron chi connectivity index (χ2n) is 11.7. The van der Waals surface area contributed by atoms with Crippen LogP contribution in [0.25, 0.3) is 11.1 Å². The molecular weight excluding hydrogens is 448 g/mol. The number of hydrogen-bond donors (Lipinski definition) is 0. The number of likely N-dealkylation sites (tertiary alicyclic amines) is 1. The topological polar surface area (TPSA) is 49.9 Å². The number of ether oxygens (including phenoxy) is 1. The number of hydrogen-bond acceptors (Lipinski definition) is 3. The minimum atomic E-state index is -0.525. The Morgan fingerprint density at radius 2 is 1.50 bits per heavy atom. The quantitative estimate of drug-likeness (QED) is 0.468. The lowest BCUT2D eigenvalue weighted by Gasteiger charge is -2.44. The van der Waals surface area contributed by atoms with Gasteiger partial charge in [-0.05, 0) is 69.6 Å². The average Bonchev–Trinajstić information content (AvgIpc) is 2.88. The van der Waals surface area contributed by atoms with Crippen molar-refractivity contribution in [1.82, 2.24) is 9.80 Å². The Balaban J connectivity index is 1.53. The van der Waals surface area contributed by atoms with Gasteiger partial charge in [-0.2, -0.15) is 0 Å². The van der Waals surface area contributed by atoms with Gasteiger partial charge in [-0.15, -0.1) is 0 Å². The third kappa shape index (κ3) is 6.29. The molecule has 2 aliphatic rings. The molecule has 2 fully saturated rings. The Hall–Kier alpha value is -2.82.